The van der Waals surface area contributed by atoms with Crippen molar-refractivity contribution in [2.75, 3.05) is 19.0 Å². The van der Waals surface area contributed by atoms with Crippen LogP contribution >= 0.6 is 11.6 Å². The Kier molecular flexibility index (Phi) is 2.32. The topological polar surface area (TPSA) is 21.3 Å². The molecule has 0 radical (unpaired) electrons. The van der Waals surface area contributed by atoms with E-state index >= 15 is 0 Å². The molecule has 13 heavy (non-hydrogen) atoms. The number of halogens is 1. The van der Waals surface area contributed by atoms with Gasteiger partial charge in [0.15, 0.2) is 0 Å². The maximum Gasteiger partial charge on any atom is 0.137 e. The van der Waals surface area contributed by atoms with Gasteiger partial charge in [-0.3, -0.25) is 0 Å². The zero-order valence-electron chi connectivity index (χ0n) is 7.56. The summed E-state index contributed by atoms with van der Waals surface area (Å²) in [6.07, 6.45) is 2.18. The zero-order valence-corrected chi connectivity index (χ0v) is 8.32. The number of hydrogen-bond donors (Lipinski definition) is 1. The van der Waals surface area contributed by atoms with Crippen molar-refractivity contribution in [1.29, 1.82) is 0 Å². The Morgan fingerprint density at radius 1 is 1.46 bits per heavy atom. The summed E-state index contributed by atoms with van der Waals surface area (Å²) in [7, 11) is 1.64. The second kappa shape index (κ2) is 3.46. The first-order valence-electron chi connectivity index (χ1n) is 4.42. The van der Waals surface area contributed by atoms with Gasteiger partial charge in [-0.05, 0) is 30.5 Å². The minimum atomic E-state index is 0.757. The van der Waals surface area contributed by atoms with E-state index < -0.39 is 0 Å². The highest BCUT2D eigenvalue weighted by Crippen LogP contribution is 2.35. The number of hydrogen-bond acceptors (Lipinski definition) is 2. The van der Waals surface area contributed by atoms with Gasteiger partial charge in [0.25, 0.3) is 0 Å². The van der Waals surface area contributed by atoms with Crippen LogP contribution in [-0.4, -0.2) is 13.7 Å². The SMILES string of the molecule is COc1ccc2c(c1Cl)CCCN2. The van der Waals surface area contributed by atoms with Gasteiger partial charge in [-0.2, -0.15) is 0 Å². The number of nitrogens with one attached hydrogen (secondary N) is 1. The predicted octanol–water partition coefficient (Wildman–Crippen LogP) is 2.71. The van der Waals surface area contributed by atoms with E-state index in [4.69, 9.17) is 16.3 Å². The molecule has 1 aliphatic rings. The smallest absolute Gasteiger partial charge is 0.137 e. The van der Waals surface area contributed by atoms with E-state index in [1.165, 1.54) is 5.56 Å². The van der Waals surface area contributed by atoms with Crippen molar-refractivity contribution in [2.24, 2.45) is 0 Å². The van der Waals surface area contributed by atoms with E-state index in [9.17, 15) is 0 Å². The number of fused-ring (bicyclic) bond motifs is 1. The molecule has 1 heterocycles. The summed E-state index contributed by atoms with van der Waals surface area (Å²) in [6.45, 7) is 1.04. The van der Waals surface area contributed by atoms with Gasteiger partial charge in [-0.1, -0.05) is 11.6 Å². The fraction of sp³-hybridized carbons (Fsp3) is 0.400. The third-order valence-electron chi connectivity index (χ3n) is 2.35. The third-order valence-corrected chi connectivity index (χ3v) is 2.76. The molecule has 0 spiro atoms. The van der Waals surface area contributed by atoms with E-state index in [0.29, 0.717) is 0 Å². The molecule has 70 valence electrons. The fourth-order valence-corrected chi connectivity index (χ4v) is 1.99. The zero-order chi connectivity index (χ0) is 9.26. The summed E-state index contributed by atoms with van der Waals surface area (Å²) in [5.41, 5.74) is 2.34. The van der Waals surface area contributed by atoms with E-state index in [1.54, 1.807) is 7.11 Å². The Labute approximate surface area is 82.9 Å². The van der Waals surface area contributed by atoms with Crippen LogP contribution in [0.3, 0.4) is 0 Å². The second-order valence-electron chi connectivity index (χ2n) is 3.14. The van der Waals surface area contributed by atoms with E-state index in [1.807, 2.05) is 12.1 Å². The van der Waals surface area contributed by atoms with Gasteiger partial charge in [0.05, 0.1) is 12.1 Å². The molecule has 1 aromatic carbocycles. The molecule has 0 atom stereocenters. The van der Waals surface area contributed by atoms with Gasteiger partial charge in [0.1, 0.15) is 5.75 Å². The molecule has 1 N–H and O–H groups in total. The molecule has 0 fully saturated rings. The maximum absolute atomic E-state index is 6.16. The highest BCUT2D eigenvalue weighted by atomic mass is 35.5. The average molecular weight is 198 g/mol. The summed E-state index contributed by atoms with van der Waals surface area (Å²) < 4.78 is 5.15. The normalized spacial score (nSPS) is 14.6. The van der Waals surface area contributed by atoms with Crippen LogP contribution in [-0.2, 0) is 6.42 Å². The molecule has 0 unspecified atom stereocenters. The van der Waals surface area contributed by atoms with Gasteiger partial charge in [-0.15, -0.1) is 0 Å². The Morgan fingerprint density at radius 2 is 2.31 bits per heavy atom. The van der Waals surface area contributed by atoms with E-state index in [-0.39, 0.29) is 0 Å². The molecule has 1 aromatic rings. The van der Waals surface area contributed by atoms with Crippen LogP contribution in [0.2, 0.25) is 5.02 Å². The summed E-state index contributed by atoms with van der Waals surface area (Å²) in [6, 6.07) is 3.93. The Balaban J connectivity index is 2.48. The van der Waals surface area contributed by atoms with Crippen molar-refractivity contribution < 1.29 is 4.74 Å². The number of rotatable bonds is 1. The van der Waals surface area contributed by atoms with Gasteiger partial charge in [0.2, 0.25) is 0 Å². The van der Waals surface area contributed by atoms with Crippen LogP contribution in [0.5, 0.6) is 5.75 Å². The van der Waals surface area contributed by atoms with Gasteiger partial charge >= 0.3 is 0 Å². The van der Waals surface area contributed by atoms with Crippen LogP contribution in [0.1, 0.15) is 12.0 Å². The van der Waals surface area contributed by atoms with E-state index in [2.05, 4.69) is 5.32 Å². The predicted molar refractivity (Wildman–Crippen MR) is 54.8 cm³/mol. The van der Waals surface area contributed by atoms with Crippen molar-refractivity contribution in [3.63, 3.8) is 0 Å². The van der Waals surface area contributed by atoms with Gasteiger partial charge < -0.3 is 10.1 Å². The number of methoxy groups -OCH3 is 1. The summed E-state index contributed by atoms with van der Waals surface area (Å²) in [5, 5.41) is 4.07. The first-order chi connectivity index (χ1) is 6.33. The standard InChI is InChI=1S/C10H12ClNO/c1-13-9-5-4-8-7(10(9)11)3-2-6-12-8/h4-5,12H,2-3,6H2,1H3. The van der Waals surface area contributed by atoms with Crippen LogP contribution < -0.4 is 10.1 Å². The number of anilines is 1. The van der Waals surface area contributed by atoms with Crippen molar-refractivity contribution in [2.45, 2.75) is 12.8 Å². The molecular formula is C10H12ClNO. The molecule has 2 nitrogen and oxygen atoms in total. The lowest BCUT2D eigenvalue weighted by molar-refractivity contribution is 0.414. The first kappa shape index (κ1) is 8.70. The molecule has 0 aliphatic carbocycles. The molecule has 1 aliphatic heterocycles. The molecular weight excluding hydrogens is 186 g/mol. The second-order valence-corrected chi connectivity index (χ2v) is 3.52. The Morgan fingerprint density at radius 3 is 3.08 bits per heavy atom. The maximum atomic E-state index is 6.16. The van der Waals surface area contributed by atoms with Crippen molar-refractivity contribution >= 4 is 17.3 Å². The largest absolute Gasteiger partial charge is 0.495 e. The van der Waals surface area contributed by atoms with Crippen LogP contribution in [0.15, 0.2) is 12.1 Å². The van der Waals surface area contributed by atoms with Crippen LogP contribution in [0.25, 0.3) is 0 Å². The Hall–Kier alpha value is -0.890. The average Bonchev–Trinajstić information content (AvgIpc) is 2.19. The highest BCUT2D eigenvalue weighted by Gasteiger charge is 2.14. The fourth-order valence-electron chi connectivity index (χ4n) is 1.66. The molecule has 0 amide bonds. The number of benzene rings is 1. The van der Waals surface area contributed by atoms with Gasteiger partial charge in [0, 0.05) is 12.2 Å². The van der Waals surface area contributed by atoms with Crippen LogP contribution in [0.4, 0.5) is 5.69 Å². The highest BCUT2D eigenvalue weighted by molar-refractivity contribution is 6.33. The number of ether oxygens (including phenoxy) is 1. The third kappa shape index (κ3) is 1.46. The molecule has 0 aromatic heterocycles. The molecule has 0 saturated carbocycles. The lowest BCUT2D eigenvalue weighted by atomic mass is 10.0. The summed E-state index contributed by atoms with van der Waals surface area (Å²) in [5.74, 6) is 0.768. The molecule has 3 heteroatoms. The van der Waals surface area contributed by atoms with Crippen molar-refractivity contribution in [3.8, 4) is 5.75 Å². The van der Waals surface area contributed by atoms with Gasteiger partial charge in [-0.25, -0.2) is 0 Å². The van der Waals surface area contributed by atoms with Crippen molar-refractivity contribution in [1.82, 2.24) is 0 Å². The summed E-state index contributed by atoms with van der Waals surface area (Å²) in [4.78, 5) is 0. The molecule has 0 bridgehead atoms. The summed E-state index contributed by atoms with van der Waals surface area (Å²) >= 11 is 6.16. The monoisotopic (exact) mass is 197 g/mol. The van der Waals surface area contributed by atoms with E-state index in [0.717, 1.165) is 35.8 Å². The quantitative estimate of drug-likeness (QED) is 0.748. The lowest BCUT2D eigenvalue weighted by Gasteiger charge is -2.20. The Bertz CT molecular complexity index is 325. The molecule has 2 rings (SSSR count). The minimum Gasteiger partial charge on any atom is -0.495 e. The van der Waals surface area contributed by atoms with Crippen molar-refractivity contribution in [3.05, 3.63) is 22.7 Å². The first-order valence-corrected chi connectivity index (χ1v) is 4.80. The van der Waals surface area contributed by atoms with Crippen LogP contribution in [0, 0.1) is 0 Å². The molecule has 0 saturated heterocycles. The minimum absolute atomic E-state index is 0.757. The lowest BCUT2D eigenvalue weighted by Crippen LogP contribution is -2.12.